The Labute approximate surface area is 149 Å². The molecule has 1 saturated heterocycles. The second-order valence-corrected chi connectivity index (χ2v) is 6.97. The van der Waals surface area contributed by atoms with Gasteiger partial charge in [-0.25, -0.2) is 4.39 Å². The summed E-state index contributed by atoms with van der Waals surface area (Å²) in [6, 6.07) is 4.59. The molecule has 1 amide bonds. The fourth-order valence-corrected chi connectivity index (χ4v) is 3.33. The van der Waals surface area contributed by atoms with Gasteiger partial charge in [0.2, 0.25) is 5.91 Å². The summed E-state index contributed by atoms with van der Waals surface area (Å²) in [4.78, 5) is 16.1. The molecule has 1 heterocycles. The monoisotopic (exact) mass is 355 g/mol. The maximum atomic E-state index is 13.8. The first-order valence-electron chi connectivity index (χ1n) is 8.55. The maximum absolute atomic E-state index is 13.8. The van der Waals surface area contributed by atoms with E-state index in [0.717, 1.165) is 38.4 Å². The number of benzene rings is 1. The quantitative estimate of drug-likeness (QED) is 0.817. The van der Waals surface area contributed by atoms with Crippen molar-refractivity contribution >= 4 is 17.5 Å². The van der Waals surface area contributed by atoms with Crippen molar-refractivity contribution in [3.05, 3.63) is 34.6 Å². The summed E-state index contributed by atoms with van der Waals surface area (Å²) in [5.41, 5.74) is 0.376. The highest BCUT2D eigenvalue weighted by molar-refractivity contribution is 6.31. The minimum atomic E-state index is -0.368. The van der Waals surface area contributed by atoms with E-state index in [0.29, 0.717) is 17.1 Å². The third kappa shape index (κ3) is 5.43. The minimum Gasteiger partial charge on any atom is -0.340 e. The first-order valence-corrected chi connectivity index (χ1v) is 8.93. The van der Waals surface area contributed by atoms with Crippen LogP contribution in [-0.4, -0.2) is 56.0 Å². The van der Waals surface area contributed by atoms with Gasteiger partial charge in [-0.15, -0.1) is 0 Å². The zero-order chi connectivity index (χ0) is 17.5. The van der Waals surface area contributed by atoms with E-state index in [9.17, 15) is 9.18 Å². The molecular weight excluding hydrogens is 329 g/mol. The standard InChI is InChI=1S/C18H27ClFN3O/c1-21-9-6-14-7-10-23(11-8-14)13-18(24)22(2)12-15-16(19)4-3-5-17(15)20/h3-5,14,21H,6-13H2,1-2H3. The molecule has 1 aromatic rings. The van der Waals surface area contributed by atoms with Crippen LogP contribution in [0.3, 0.4) is 0 Å². The van der Waals surface area contributed by atoms with Crippen LogP contribution in [-0.2, 0) is 11.3 Å². The summed E-state index contributed by atoms with van der Waals surface area (Å²) in [5, 5.41) is 3.55. The molecule has 1 N–H and O–H groups in total. The normalized spacial score (nSPS) is 16.3. The van der Waals surface area contributed by atoms with Gasteiger partial charge in [-0.3, -0.25) is 9.69 Å². The zero-order valence-corrected chi connectivity index (χ0v) is 15.3. The lowest BCUT2D eigenvalue weighted by Gasteiger charge is -2.32. The predicted molar refractivity (Wildman–Crippen MR) is 95.6 cm³/mol. The van der Waals surface area contributed by atoms with Gasteiger partial charge < -0.3 is 10.2 Å². The van der Waals surface area contributed by atoms with Crippen LogP contribution >= 0.6 is 11.6 Å². The van der Waals surface area contributed by atoms with Gasteiger partial charge in [-0.2, -0.15) is 0 Å². The van der Waals surface area contributed by atoms with Gasteiger partial charge in [0.05, 0.1) is 6.54 Å². The van der Waals surface area contributed by atoms with Crippen LogP contribution < -0.4 is 5.32 Å². The predicted octanol–water partition coefficient (Wildman–Crippen LogP) is 2.76. The molecule has 0 spiro atoms. The lowest BCUT2D eigenvalue weighted by molar-refractivity contribution is -0.132. The van der Waals surface area contributed by atoms with Gasteiger partial charge in [0.25, 0.3) is 0 Å². The lowest BCUT2D eigenvalue weighted by Crippen LogP contribution is -2.42. The Hall–Kier alpha value is -1.17. The van der Waals surface area contributed by atoms with Crippen molar-refractivity contribution < 1.29 is 9.18 Å². The van der Waals surface area contributed by atoms with E-state index >= 15 is 0 Å². The molecule has 6 heteroatoms. The van der Waals surface area contributed by atoms with E-state index in [4.69, 9.17) is 11.6 Å². The summed E-state index contributed by atoms with van der Waals surface area (Å²) in [7, 11) is 3.68. The number of piperidine rings is 1. The van der Waals surface area contributed by atoms with Crippen LogP contribution in [0.2, 0.25) is 5.02 Å². The maximum Gasteiger partial charge on any atom is 0.236 e. The molecular formula is C18H27ClFN3O. The first kappa shape index (κ1) is 19.2. The van der Waals surface area contributed by atoms with Crippen LogP contribution in [0.15, 0.2) is 18.2 Å². The van der Waals surface area contributed by atoms with Gasteiger partial charge in [0, 0.05) is 24.2 Å². The molecule has 0 bridgehead atoms. The number of amides is 1. The van der Waals surface area contributed by atoms with Gasteiger partial charge in [-0.1, -0.05) is 17.7 Å². The number of nitrogens with one attached hydrogen (secondary N) is 1. The molecule has 24 heavy (non-hydrogen) atoms. The number of hydrogen-bond donors (Lipinski definition) is 1. The minimum absolute atomic E-state index is 0.00277. The van der Waals surface area contributed by atoms with Gasteiger partial charge in [-0.05, 0) is 64.0 Å². The van der Waals surface area contributed by atoms with Crippen molar-refractivity contribution in [1.29, 1.82) is 0 Å². The van der Waals surface area contributed by atoms with E-state index in [1.165, 1.54) is 12.5 Å². The highest BCUT2D eigenvalue weighted by atomic mass is 35.5. The highest BCUT2D eigenvalue weighted by Gasteiger charge is 2.22. The van der Waals surface area contributed by atoms with Gasteiger partial charge in [0.15, 0.2) is 0 Å². The van der Waals surface area contributed by atoms with E-state index in [-0.39, 0.29) is 18.3 Å². The average Bonchev–Trinajstić information content (AvgIpc) is 2.57. The smallest absolute Gasteiger partial charge is 0.236 e. The molecule has 0 unspecified atom stereocenters. The molecule has 1 aliphatic rings. The van der Waals surface area contributed by atoms with E-state index in [1.54, 1.807) is 24.1 Å². The molecule has 0 saturated carbocycles. The van der Waals surface area contributed by atoms with E-state index in [1.807, 2.05) is 7.05 Å². The largest absolute Gasteiger partial charge is 0.340 e. The topological polar surface area (TPSA) is 35.6 Å². The second kappa shape index (κ2) is 9.35. The number of hydrogen-bond acceptors (Lipinski definition) is 3. The summed E-state index contributed by atoms with van der Waals surface area (Å²) in [6.07, 6.45) is 3.47. The van der Waals surface area contributed by atoms with Crippen LogP contribution in [0.25, 0.3) is 0 Å². The fourth-order valence-electron chi connectivity index (χ4n) is 3.10. The third-order valence-corrected chi connectivity index (χ3v) is 5.11. The molecule has 4 nitrogen and oxygen atoms in total. The summed E-state index contributed by atoms with van der Waals surface area (Å²) >= 11 is 6.03. The molecule has 0 radical (unpaired) electrons. The van der Waals surface area contributed by atoms with E-state index in [2.05, 4.69) is 10.2 Å². The molecule has 1 aromatic carbocycles. The summed E-state index contributed by atoms with van der Waals surface area (Å²) < 4.78 is 13.8. The Morgan fingerprint density at radius 2 is 2.12 bits per heavy atom. The highest BCUT2D eigenvalue weighted by Crippen LogP contribution is 2.22. The number of carbonyl (C=O) groups is 1. The number of nitrogens with zero attached hydrogens (tertiary/aromatic N) is 2. The van der Waals surface area contributed by atoms with Crippen LogP contribution in [0.5, 0.6) is 0 Å². The Morgan fingerprint density at radius 3 is 2.75 bits per heavy atom. The summed E-state index contributed by atoms with van der Waals surface area (Å²) in [6.45, 7) is 3.54. The first-order chi connectivity index (χ1) is 11.5. The van der Waals surface area contributed by atoms with Crippen molar-refractivity contribution in [1.82, 2.24) is 15.1 Å². The molecule has 134 valence electrons. The number of rotatable bonds is 7. The molecule has 0 aliphatic carbocycles. The van der Waals surface area contributed by atoms with Crippen molar-refractivity contribution in [3.63, 3.8) is 0 Å². The lowest BCUT2D eigenvalue weighted by atomic mass is 9.93. The third-order valence-electron chi connectivity index (χ3n) is 4.75. The molecule has 0 atom stereocenters. The van der Waals surface area contributed by atoms with E-state index < -0.39 is 0 Å². The van der Waals surface area contributed by atoms with Gasteiger partial charge >= 0.3 is 0 Å². The van der Waals surface area contributed by atoms with Crippen molar-refractivity contribution in [3.8, 4) is 0 Å². The average molecular weight is 356 g/mol. The number of carbonyl (C=O) groups excluding carboxylic acids is 1. The number of likely N-dealkylation sites (N-methyl/N-ethyl adjacent to an activating group) is 1. The molecule has 1 aliphatic heterocycles. The summed E-state index contributed by atoms with van der Waals surface area (Å²) in [5.74, 6) is 0.384. The van der Waals surface area contributed by atoms with Crippen molar-refractivity contribution in [2.24, 2.45) is 5.92 Å². The molecule has 0 aromatic heterocycles. The van der Waals surface area contributed by atoms with Crippen LogP contribution in [0, 0.1) is 11.7 Å². The Kier molecular flexibility index (Phi) is 7.46. The van der Waals surface area contributed by atoms with Crippen molar-refractivity contribution in [2.45, 2.75) is 25.8 Å². The molecule has 2 rings (SSSR count). The number of likely N-dealkylation sites (tertiary alicyclic amines) is 1. The Morgan fingerprint density at radius 1 is 1.42 bits per heavy atom. The van der Waals surface area contributed by atoms with Crippen molar-refractivity contribution in [2.75, 3.05) is 40.3 Å². The molecule has 1 fully saturated rings. The second-order valence-electron chi connectivity index (χ2n) is 6.56. The zero-order valence-electron chi connectivity index (χ0n) is 14.5. The number of halogens is 2. The van der Waals surface area contributed by atoms with Crippen LogP contribution in [0.1, 0.15) is 24.8 Å². The fraction of sp³-hybridized carbons (Fsp3) is 0.611. The SMILES string of the molecule is CNCCC1CCN(CC(=O)N(C)Cc2c(F)cccc2Cl)CC1. The Bertz CT molecular complexity index is 527. The Balaban J connectivity index is 1.80. The van der Waals surface area contributed by atoms with Crippen LogP contribution in [0.4, 0.5) is 4.39 Å². The van der Waals surface area contributed by atoms with Gasteiger partial charge in [0.1, 0.15) is 5.82 Å².